The molecule has 1 rings (SSSR count). The number of ether oxygens (including phenoxy) is 1. The number of hydrogen-bond acceptors (Lipinski definition) is 4. The third-order valence-electron chi connectivity index (χ3n) is 5.86. The second kappa shape index (κ2) is 7.50. The lowest BCUT2D eigenvalue weighted by Crippen LogP contribution is -2.46. The molecule has 0 saturated carbocycles. The van der Waals surface area contributed by atoms with Gasteiger partial charge in [0.2, 0.25) is 0 Å². The summed E-state index contributed by atoms with van der Waals surface area (Å²) >= 11 is 0. The Morgan fingerprint density at radius 3 is 2.12 bits per heavy atom. The molecule has 7 heteroatoms. The van der Waals surface area contributed by atoms with Crippen molar-refractivity contribution < 1.29 is 23.9 Å². The van der Waals surface area contributed by atoms with E-state index in [1.807, 2.05) is 27.7 Å². The Morgan fingerprint density at radius 2 is 1.73 bits per heavy atom. The first-order valence-corrected chi connectivity index (χ1v) is 12.3. The lowest BCUT2D eigenvalue weighted by Gasteiger charge is -2.38. The molecular weight excluding hydrogens is 350 g/mol. The third kappa shape index (κ3) is 5.00. The van der Waals surface area contributed by atoms with Crippen LogP contribution in [0.1, 0.15) is 54.9 Å². The SMILES string of the molecule is CCC1(C(=O)O)CN(C(=O)OC(C)(C)C)CC1CO[Si](C)(C)C(C)(C)C. The zero-order valence-electron chi connectivity index (χ0n) is 17.9. The Labute approximate surface area is 159 Å². The lowest BCUT2D eigenvalue weighted by molar-refractivity contribution is -0.151. The predicted molar refractivity (Wildman–Crippen MR) is 105 cm³/mol. The summed E-state index contributed by atoms with van der Waals surface area (Å²) in [6.07, 6.45) is -0.000859. The Kier molecular flexibility index (Phi) is 6.62. The zero-order chi connectivity index (χ0) is 20.6. The van der Waals surface area contributed by atoms with Crippen molar-refractivity contribution in [3.8, 4) is 0 Å². The number of carbonyl (C=O) groups is 2. The first-order valence-electron chi connectivity index (χ1n) is 9.41. The molecule has 0 aromatic carbocycles. The van der Waals surface area contributed by atoms with Gasteiger partial charge in [0.25, 0.3) is 0 Å². The molecule has 0 aromatic heterocycles. The van der Waals surface area contributed by atoms with E-state index in [9.17, 15) is 14.7 Å². The molecule has 1 aliphatic heterocycles. The normalized spacial score (nSPS) is 24.7. The monoisotopic (exact) mass is 387 g/mol. The number of nitrogens with zero attached hydrogens (tertiary/aromatic N) is 1. The molecule has 2 unspecified atom stereocenters. The van der Waals surface area contributed by atoms with Gasteiger partial charge in [0.15, 0.2) is 8.32 Å². The third-order valence-corrected chi connectivity index (χ3v) is 10.4. The van der Waals surface area contributed by atoms with Gasteiger partial charge in [-0.3, -0.25) is 4.79 Å². The van der Waals surface area contributed by atoms with Gasteiger partial charge in [0.1, 0.15) is 5.60 Å². The minimum Gasteiger partial charge on any atom is -0.481 e. The molecule has 1 fully saturated rings. The van der Waals surface area contributed by atoms with Crippen LogP contribution >= 0.6 is 0 Å². The highest BCUT2D eigenvalue weighted by Crippen LogP contribution is 2.43. The summed E-state index contributed by atoms with van der Waals surface area (Å²) in [5, 5.41) is 9.98. The van der Waals surface area contributed by atoms with Gasteiger partial charge >= 0.3 is 12.1 Å². The molecule has 0 aliphatic carbocycles. The highest BCUT2D eigenvalue weighted by atomic mass is 28.4. The van der Waals surface area contributed by atoms with E-state index in [1.165, 1.54) is 4.90 Å². The quantitative estimate of drug-likeness (QED) is 0.710. The van der Waals surface area contributed by atoms with Crippen molar-refractivity contribution in [2.45, 2.75) is 78.6 Å². The van der Waals surface area contributed by atoms with Gasteiger partial charge in [0.05, 0.1) is 5.41 Å². The fourth-order valence-corrected chi connectivity index (χ4v) is 4.02. The molecule has 1 saturated heterocycles. The summed E-state index contributed by atoms with van der Waals surface area (Å²) < 4.78 is 11.8. The van der Waals surface area contributed by atoms with Crippen LogP contribution in [-0.2, 0) is 14.0 Å². The fraction of sp³-hybridized carbons (Fsp3) is 0.895. The Balaban J connectivity index is 3.00. The first kappa shape index (κ1) is 23.0. The van der Waals surface area contributed by atoms with E-state index in [0.717, 1.165) is 0 Å². The van der Waals surface area contributed by atoms with Crippen LogP contribution < -0.4 is 0 Å². The summed E-state index contributed by atoms with van der Waals surface area (Å²) in [4.78, 5) is 26.1. The van der Waals surface area contributed by atoms with Crippen LogP contribution in [0.2, 0.25) is 18.1 Å². The van der Waals surface area contributed by atoms with Gasteiger partial charge in [-0.2, -0.15) is 0 Å². The average Bonchev–Trinajstić information content (AvgIpc) is 2.82. The number of likely N-dealkylation sites (tertiary alicyclic amines) is 1. The minimum absolute atomic E-state index is 0.0502. The molecular formula is C19H37NO5Si. The maximum atomic E-state index is 12.5. The number of rotatable bonds is 5. The van der Waals surface area contributed by atoms with Gasteiger partial charge in [-0.25, -0.2) is 4.79 Å². The van der Waals surface area contributed by atoms with Gasteiger partial charge in [-0.05, 0) is 45.3 Å². The van der Waals surface area contributed by atoms with Crippen LogP contribution in [0.5, 0.6) is 0 Å². The number of hydrogen-bond donors (Lipinski definition) is 1. The highest BCUT2D eigenvalue weighted by Gasteiger charge is 2.53. The van der Waals surface area contributed by atoms with Crippen LogP contribution in [0.3, 0.4) is 0 Å². The van der Waals surface area contributed by atoms with Crippen molar-refractivity contribution in [3.05, 3.63) is 0 Å². The molecule has 1 heterocycles. The van der Waals surface area contributed by atoms with E-state index >= 15 is 0 Å². The lowest BCUT2D eigenvalue weighted by atomic mass is 9.76. The molecule has 1 aliphatic rings. The molecule has 1 amide bonds. The topological polar surface area (TPSA) is 76.1 Å². The number of carboxylic acid groups (broad SMARTS) is 1. The van der Waals surface area contributed by atoms with Crippen molar-refractivity contribution in [1.29, 1.82) is 0 Å². The molecule has 0 aromatic rings. The zero-order valence-corrected chi connectivity index (χ0v) is 18.9. The molecule has 6 nitrogen and oxygen atoms in total. The predicted octanol–water partition coefficient (Wildman–Crippen LogP) is 4.36. The summed E-state index contributed by atoms with van der Waals surface area (Å²) in [7, 11) is -2.00. The highest BCUT2D eigenvalue weighted by molar-refractivity contribution is 6.74. The summed E-state index contributed by atoms with van der Waals surface area (Å²) in [5.74, 6) is -1.11. The summed E-state index contributed by atoms with van der Waals surface area (Å²) in [6, 6.07) is 0. The standard InChI is InChI=1S/C19H37NO5Si/c1-10-19(15(21)22)13-20(16(23)25-17(2,3)4)11-14(19)12-24-26(8,9)18(5,6)7/h14H,10-13H2,1-9H3,(H,21,22). The van der Waals surface area contributed by atoms with Crippen LogP contribution in [0.25, 0.3) is 0 Å². The van der Waals surface area contributed by atoms with Crippen LogP contribution in [-0.4, -0.2) is 55.7 Å². The van der Waals surface area contributed by atoms with Gasteiger partial charge < -0.3 is 19.2 Å². The Hall–Kier alpha value is -1.08. The number of carbonyl (C=O) groups excluding carboxylic acids is 1. The molecule has 0 bridgehead atoms. The van der Waals surface area contributed by atoms with Gasteiger partial charge in [-0.15, -0.1) is 0 Å². The molecule has 152 valence electrons. The molecule has 0 radical (unpaired) electrons. The van der Waals surface area contributed by atoms with Crippen molar-refractivity contribution in [1.82, 2.24) is 4.90 Å². The largest absolute Gasteiger partial charge is 0.481 e. The second-order valence-corrected chi connectivity index (χ2v) is 14.8. The van der Waals surface area contributed by atoms with Crippen molar-refractivity contribution >= 4 is 20.4 Å². The van der Waals surface area contributed by atoms with E-state index < -0.39 is 31.4 Å². The van der Waals surface area contributed by atoms with Crippen LogP contribution in [0, 0.1) is 11.3 Å². The molecule has 26 heavy (non-hydrogen) atoms. The van der Waals surface area contributed by atoms with Gasteiger partial charge in [0, 0.05) is 25.6 Å². The molecule has 0 spiro atoms. The van der Waals surface area contributed by atoms with E-state index in [2.05, 4.69) is 33.9 Å². The molecule has 2 atom stereocenters. The van der Waals surface area contributed by atoms with E-state index in [-0.39, 0.29) is 17.5 Å². The number of aliphatic carboxylic acids is 1. The van der Waals surface area contributed by atoms with Crippen LogP contribution in [0.15, 0.2) is 0 Å². The smallest absolute Gasteiger partial charge is 0.410 e. The van der Waals surface area contributed by atoms with Crippen LogP contribution in [0.4, 0.5) is 4.79 Å². The van der Waals surface area contributed by atoms with Gasteiger partial charge in [-0.1, -0.05) is 27.7 Å². The van der Waals surface area contributed by atoms with Crippen molar-refractivity contribution in [2.24, 2.45) is 11.3 Å². The maximum Gasteiger partial charge on any atom is 0.410 e. The van der Waals surface area contributed by atoms with Crippen molar-refractivity contribution in [2.75, 3.05) is 19.7 Å². The minimum atomic E-state index is -2.00. The number of carboxylic acids is 1. The summed E-state index contributed by atoms with van der Waals surface area (Å²) in [6.45, 7) is 19.0. The number of amides is 1. The fourth-order valence-electron chi connectivity index (χ4n) is 2.97. The Bertz CT molecular complexity index is 535. The maximum absolute atomic E-state index is 12.5. The second-order valence-electron chi connectivity index (χ2n) is 9.94. The first-order chi connectivity index (χ1) is 11.6. The van der Waals surface area contributed by atoms with Crippen molar-refractivity contribution in [3.63, 3.8) is 0 Å². The summed E-state index contributed by atoms with van der Waals surface area (Å²) in [5.41, 5.74) is -1.59. The van der Waals surface area contributed by atoms with E-state index in [4.69, 9.17) is 9.16 Å². The average molecular weight is 388 g/mol. The van der Waals surface area contributed by atoms with E-state index in [0.29, 0.717) is 19.6 Å². The Morgan fingerprint density at radius 1 is 1.19 bits per heavy atom. The van der Waals surface area contributed by atoms with E-state index in [1.54, 1.807) is 0 Å². The molecule has 1 N–H and O–H groups in total.